The van der Waals surface area contributed by atoms with Crippen LogP contribution in [0.25, 0.3) is 0 Å². The van der Waals surface area contributed by atoms with Crippen LogP contribution in [-0.4, -0.2) is 55.0 Å². The molecule has 1 saturated heterocycles. The number of nitrogens with one attached hydrogen (secondary N) is 3. The third-order valence-corrected chi connectivity index (χ3v) is 9.59. The molecule has 4 fully saturated rings. The maximum absolute atomic E-state index is 11.9. The van der Waals surface area contributed by atoms with Gasteiger partial charge in [0, 0.05) is 23.7 Å². The molecule has 3 saturated carbocycles. The highest BCUT2D eigenvalue weighted by atomic mass is 16.6. The summed E-state index contributed by atoms with van der Waals surface area (Å²) in [4.78, 5) is 11.9. The van der Waals surface area contributed by atoms with Crippen LogP contribution in [0.5, 0.6) is 0 Å². The van der Waals surface area contributed by atoms with Gasteiger partial charge in [-0.15, -0.1) is 0 Å². The molecular weight excluding hydrogens is 647 g/mol. The summed E-state index contributed by atoms with van der Waals surface area (Å²) >= 11 is 0. The van der Waals surface area contributed by atoms with Gasteiger partial charge in [0.05, 0.1) is 37.3 Å². The van der Waals surface area contributed by atoms with Gasteiger partial charge >= 0.3 is 5.97 Å². The second-order valence-corrected chi connectivity index (χ2v) is 13.0. The van der Waals surface area contributed by atoms with Crippen molar-refractivity contribution in [1.82, 2.24) is 16.0 Å². The standard InChI is InChI=1S/C45H45N3O4/c1-2-3-4-5-6-7-8-9-10-11-12-13-14-15-16-17-18-19-26-31-42(50)52-35-34-51-39-32-33-40(41(49)36-39)45-47-43(37-27-22-20-23-28-37)46-44(48-45)38-29-24-21-25-30-38/h37-41,43-49H,20-25,27-30,32-36H2,1H3. The van der Waals surface area contributed by atoms with Gasteiger partial charge < -0.3 is 14.6 Å². The average Bonchev–Trinajstić information content (AvgIpc) is 3.18. The van der Waals surface area contributed by atoms with Crippen LogP contribution >= 0.6 is 0 Å². The first-order valence-corrected chi connectivity index (χ1v) is 18.3. The lowest BCUT2D eigenvalue weighted by molar-refractivity contribution is -0.139. The van der Waals surface area contributed by atoms with E-state index in [1.807, 2.05) is 0 Å². The zero-order valence-electron chi connectivity index (χ0n) is 29.9. The summed E-state index contributed by atoms with van der Waals surface area (Å²) in [6.07, 6.45) is 15.4. The van der Waals surface area contributed by atoms with Gasteiger partial charge in [-0.3, -0.25) is 16.0 Å². The van der Waals surface area contributed by atoms with Crippen LogP contribution in [-0.2, 0) is 14.3 Å². The van der Waals surface area contributed by atoms with E-state index in [9.17, 15) is 9.90 Å². The maximum atomic E-state index is 11.9. The van der Waals surface area contributed by atoms with E-state index in [1.165, 1.54) is 64.2 Å². The van der Waals surface area contributed by atoms with Gasteiger partial charge in [0.2, 0.25) is 0 Å². The summed E-state index contributed by atoms with van der Waals surface area (Å²) in [5.74, 6) is 50.9. The van der Waals surface area contributed by atoms with Gasteiger partial charge in [0.25, 0.3) is 0 Å². The molecule has 7 heteroatoms. The van der Waals surface area contributed by atoms with E-state index in [0.717, 1.165) is 12.8 Å². The highest BCUT2D eigenvalue weighted by molar-refractivity contribution is 5.89. The minimum absolute atomic E-state index is 0.0757. The van der Waals surface area contributed by atoms with E-state index in [2.05, 4.69) is 134 Å². The normalized spacial score (nSPS) is 24.8. The quantitative estimate of drug-likeness (QED) is 0.141. The van der Waals surface area contributed by atoms with E-state index >= 15 is 0 Å². The molecular formula is C45H45N3O4. The molecule has 0 radical (unpaired) electrons. The van der Waals surface area contributed by atoms with Crippen molar-refractivity contribution in [2.45, 2.75) is 121 Å². The number of carbonyl (C=O) groups excluding carboxylic acids is 1. The Morgan fingerprint density at radius 2 is 1.00 bits per heavy atom. The Kier molecular flexibility index (Phi) is 18.4. The van der Waals surface area contributed by atoms with Gasteiger partial charge in [0.15, 0.2) is 0 Å². The summed E-state index contributed by atoms with van der Waals surface area (Å²) in [5.41, 5.74) is 0. The van der Waals surface area contributed by atoms with Gasteiger partial charge in [-0.05, 0) is 158 Å². The zero-order valence-corrected chi connectivity index (χ0v) is 29.9. The molecule has 5 atom stereocenters. The van der Waals surface area contributed by atoms with Crippen molar-refractivity contribution in [2.24, 2.45) is 17.8 Å². The van der Waals surface area contributed by atoms with Crippen molar-refractivity contribution in [1.29, 1.82) is 0 Å². The smallest absolute Gasteiger partial charge is 0.385 e. The van der Waals surface area contributed by atoms with Crippen molar-refractivity contribution in [2.75, 3.05) is 13.2 Å². The Balaban J connectivity index is 1.12. The van der Waals surface area contributed by atoms with E-state index in [0.29, 0.717) is 30.6 Å². The van der Waals surface area contributed by atoms with Gasteiger partial charge in [0.1, 0.15) is 6.61 Å². The van der Waals surface area contributed by atoms with Crippen molar-refractivity contribution in [3.63, 3.8) is 0 Å². The first-order valence-electron chi connectivity index (χ1n) is 18.3. The molecule has 4 rings (SSSR count). The summed E-state index contributed by atoms with van der Waals surface area (Å²) in [6, 6.07) is 0. The monoisotopic (exact) mass is 691 g/mol. The molecule has 4 N–H and O–H groups in total. The lowest BCUT2D eigenvalue weighted by Gasteiger charge is -2.50. The fourth-order valence-electron chi connectivity index (χ4n) is 7.15. The third kappa shape index (κ3) is 15.0. The van der Waals surface area contributed by atoms with Crippen LogP contribution in [0.3, 0.4) is 0 Å². The maximum Gasteiger partial charge on any atom is 0.385 e. The summed E-state index contributed by atoms with van der Waals surface area (Å²) < 4.78 is 11.1. The van der Waals surface area contributed by atoms with Gasteiger partial charge in [-0.25, -0.2) is 4.79 Å². The number of hydrogen-bond donors (Lipinski definition) is 4. The minimum Gasteiger partial charge on any atom is -0.454 e. The van der Waals surface area contributed by atoms with Crippen LogP contribution in [0.15, 0.2) is 0 Å². The van der Waals surface area contributed by atoms with Crippen LogP contribution in [0, 0.1) is 136 Å². The van der Waals surface area contributed by atoms with Crippen molar-refractivity contribution in [3.05, 3.63) is 0 Å². The molecule has 0 aromatic heterocycles. The SMILES string of the molecule is CC#CC#CC#CC#CC#CC#CC#CC#CC#CC#CC(=O)OCCOC1CCC(C2NC(C3CCCCC3)NC(C3CCCCC3)N2)C(O)C1. The molecule has 1 aliphatic heterocycles. The predicted molar refractivity (Wildman–Crippen MR) is 201 cm³/mol. The van der Waals surface area contributed by atoms with E-state index < -0.39 is 12.1 Å². The summed E-state index contributed by atoms with van der Waals surface area (Å²) in [6.45, 7) is 2.01. The third-order valence-electron chi connectivity index (χ3n) is 9.59. The lowest BCUT2D eigenvalue weighted by Crippen LogP contribution is -2.73. The largest absolute Gasteiger partial charge is 0.454 e. The predicted octanol–water partition coefficient (Wildman–Crippen LogP) is 3.05. The zero-order chi connectivity index (χ0) is 36.5. The van der Waals surface area contributed by atoms with E-state index in [4.69, 9.17) is 9.47 Å². The van der Waals surface area contributed by atoms with E-state index in [1.54, 1.807) is 6.92 Å². The number of esters is 1. The number of hydrogen-bond acceptors (Lipinski definition) is 7. The van der Waals surface area contributed by atoms with Crippen molar-refractivity contribution in [3.8, 4) is 118 Å². The molecule has 0 amide bonds. The highest BCUT2D eigenvalue weighted by Gasteiger charge is 2.42. The topological polar surface area (TPSA) is 91.9 Å². The van der Waals surface area contributed by atoms with Gasteiger partial charge in [-0.2, -0.15) is 0 Å². The number of carbonyl (C=O) groups is 1. The second kappa shape index (κ2) is 24.1. The van der Waals surface area contributed by atoms with Crippen LogP contribution in [0.2, 0.25) is 0 Å². The molecule has 264 valence electrons. The number of ether oxygens (including phenoxy) is 2. The Bertz CT molecular complexity index is 1850. The summed E-state index contributed by atoms with van der Waals surface area (Å²) in [5, 5.41) is 23.0. The van der Waals surface area contributed by atoms with Crippen LogP contribution in [0.4, 0.5) is 0 Å². The Labute approximate surface area is 311 Å². The minimum atomic E-state index is -0.693. The Morgan fingerprint density at radius 1 is 0.558 bits per heavy atom. The molecule has 1 heterocycles. The van der Waals surface area contributed by atoms with Gasteiger partial charge in [-0.1, -0.05) is 44.4 Å². The molecule has 7 nitrogen and oxygen atoms in total. The fourth-order valence-corrected chi connectivity index (χ4v) is 7.15. The number of aliphatic hydroxyl groups excluding tert-OH is 1. The molecule has 3 aliphatic carbocycles. The highest BCUT2D eigenvalue weighted by Crippen LogP contribution is 2.34. The molecule has 0 aromatic carbocycles. The second-order valence-electron chi connectivity index (χ2n) is 13.0. The first-order chi connectivity index (χ1) is 25.6. The van der Waals surface area contributed by atoms with E-state index in [-0.39, 0.29) is 31.4 Å². The average molecular weight is 692 g/mol. The number of rotatable bonds is 7. The molecule has 0 aromatic rings. The Morgan fingerprint density at radius 3 is 1.46 bits per heavy atom. The van der Waals surface area contributed by atoms with Crippen molar-refractivity contribution < 1.29 is 19.4 Å². The Hall–Kier alpha value is -5.13. The molecule has 0 spiro atoms. The van der Waals surface area contributed by atoms with Crippen LogP contribution < -0.4 is 16.0 Å². The molecule has 5 unspecified atom stereocenters. The molecule has 4 aliphatic rings. The van der Waals surface area contributed by atoms with Crippen molar-refractivity contribution >= 4 is 5.97 Å². The molecule has 52 heavy (non-hydrogen) atoms. The van der Waals surface area contributed by atoms with Crippen LogP contribution in [0.1, 0.15) is 90.4 Å². The molecule has 0 bridgehead atoms. The first kappa shape index (κ1) is 39.7. The lowest BCUT2D eigenvalue weighted by atomic mass is 9.79. The number of aliphatic hydroxyl groups is 1. The fraction of sp³-hybridized carbons (Fsp3) is 0.533. The summed E-state index contributed by atoms with van der Waals surface area (Å²) in [7, 11) is 0.